The SMILES string of the molecule is CC(C)(C)N[C@H]1c2cccc3cccc(c23)[C@@H]1NS(=O)(=O)c1ccccc1. The van der Waals surface area contributed by atoms with Gasteiger partial charge >= 0.3 is 0 Å². The third kappa shape index (κ3) is 3.38. The van der Waals surface area contributed by atoms with Crippen LogP contribution in [-0.2, 0) is 10.0 Å². The summed E-state index contributed by atoms with van der Waals surface area (Å²) in [5.41, 5.74) is 1.99. The summed E-state index contributed by atoms with van der Waals surface area (Å²) in [4.78, 5) is 0.280. The van der Waals surface area contributed by atoms with E-state index >= 15 is 0 Å². The van der Waals surface area contributed by atoms with Crippen molar-refractivity contribution in [3.63, 3.8) is 0 Å². The van der Waals surface area contributed by atoms with Gasteiger partial charge in [-0.25, -0.2) is 13.1 Å². The molecular weight excluding hydrogens is 356 g/mol. The first-order valence-corrected chi connectivity index (χ1v) is 10.6. The molecule has 140 valence electrons. The lowest BCUT2D eigenvalue weighted by atomic mass is 10.0. The summed E-state index contributed by atoms with van der Waals surface area (Å²) in [5, 5.41) is 5.89. The summed E-state index contributed by atoms with van der Waals surface area (Å²) in [6.45, 7) is 6.29. The molecule has 2 atom stereocenters. The lowest BCUT2D eigenvalue weighted by Crippen LogP contribution is -2.44. The first-order valence-electron chi connectivity index (χ1n) is 9.13. The Morgan fingerprint density at radius 3 is 1.96 bits per heavy atom. The van der Waals surface area contributed by atoms with Gasteiger partial charge in [0, 0.05) is 5.54 Å². The first kappa shape index (κ1) is 18.2. The molecule has 1 aliphatic rings. The van der Waals surface area contributed by atoms with Crippen LogP contribution >= 0.6 is 0 Å². The van der Waals surface area contributed by atoms with Crippen molar-refractivity contribution in [3.8, 4) is 0 Å². The van der Waals surface area contributed by atoms with E-state index in [9.17, 15) is 8.42 Å². The van der Waals surface area contributed by atoms with Crippen LogP contribution in [0.5, 0.6) is 0 Å². The van der Waals surface area contributed by atoms with Crippen LogP contribution in [0, 0.1) is 0 Å². The number of rotatable bonds is 4. The smallest absolute Gasteiger partial charge is 0.241 e. The highest BCUT2D eigenvalue weighted by atomic mass is 32.2. The van der Waals surface area contributed by atoms with Crippen molar-refractivity contribution in [1.82, 2.24) is 10.0 Å². The lowest BCUT2D eigenvalue weighted by molar-refractivity contribution is 0.327. The first-order chi connectivity index (χ1) is 12.8. The van der Waals surface area contributed by atoms with Crippen LogP contribution in [0.2, 0.25) is 0 Å². The third-order valence-electron chi connectivity index (χ3n) is 4.90. The average molecular weight is 381 g/mol. The number of nitrogens with one attached hydrogen (secondary N) is 2. The molecule has 0 amide bonds. The maximum absolute atomic E-state index is 13.0. The number of hydrogen-bond donors (Lipinski definition) is 2. The van der Waals surface area contributed by atoms with Gasteiger partial charge in [0.15, 0.2) is 0 Å². The predicted molar refractivity (Wildman–Crippen MR) is 109 cm³/mol. The Morgan fingerprint density at radius 1 is 0.778 bits per heavy atom. The van der Waals surface area contributed by atoms with Crippen LogP contribution < -0.4 is 10.0 Å². The summed E-state index contributed by atoms with van der Waals surface area (Å²) >= 11 is 0. The van der Waals surface area contributed by atoms with Gasteiger partial charge in [-0.15, -0.1) is 0 Å². The summed E-state index contributed by atoms with van der Waals surface area (Å²) in [6, 6.07) is 20.3. The zero-order valence-electron chi connectivity index (χ0n) is 15.7. The third-order valence-corrected chi connectivity index (χ3v) is 6.35. The molecule has 3 aromatic carbocycles. The van der Waals surface area contributed by atoms with Crippen LogP contribution in [0.4, 0.5) is 0 Å². The zero-order chi connectivity index (χ0) is 19.2. The van der Waals surface area contributed by atoms with Crippen molar-refractivity contribution in [1.29, 1.82) is 0 Å². The van der Waals surface area contributed by atoms with Crippen LogP contribution in [0.3, 0.4) is 0 Å². The van der Waals surface area contributed by atoms with E-state index in [-0.39, 0.29) is 22.5 Å². The van der Waals surface area contributed by atoms with Crippen molar-refractivity contribution in [2.45, 2.75) is 43.3 Å². The van der Waals surface area contributed by atoms with E-state index in [1.807, 2.05) is 24.3 Å². The van der Waals surface area contributed by atoms with Gasteiger partial charge in [-0.3, -0.25) is 0 Å². The molecule has 0 unspecified atom stereocenters. The van der Waals surface area contributed by atoms with Crippen LogP contribution in [0.15, 0.2) is 71.6 Å². The molecule has 2 N–H and O–H groups in total. The van der Waals surface area contributed by atoms with Crippen molar-refractivity contribution in [2.75, 3.05) is 0 Å². The Kier molecular flexibility index (Phi) is 4.34. The fourth-order valence-electron chi connectivity index (χ4n) is 3.87. The second kappa shape index (κ2) is 6.44. The molecule has 27 heavy (non-hydrogen) atoms. The van der Waals surface area contributed by atoms with Crippen LogP contribution in [-0.4, -0.2) is 14.0 Å². The maximum atomic E-state index is 13.0. The van der Waals surface area contributed by atoms with E-state index in [1.54, 1.807) is 24.3 Å². The maximum Gasteiger partial charge on any atom is 0.241 e. The van der Waals surface area contributed by atoms with Gasteiger partial charge < -0.3 is 5.32 Å². The molecular formula is C22H24N2O2S. The molecule has 0 saturated heterocycles. The largest absolute Gasteiger partial charge is 0.304 e. The minimum absolute atomic E-state index is 0.135. The van der Waals surface area contributed by atoms with Crippen LogP contribution in [0.25, 0.3) is 10.8 Å². The van der Waals surface area contributed by atoms with Crippen molar-refractivity contribution in [2.24, 2.45) is 0 Å². The minimum atomic E-state index is -3.64. The Morgan fingerprint density at radius 2 is 1.37 bits per heavy atom. The van der Waals surface area contributed by atoms with Crippen LogP contribution in [0.1, 0.15) is 44.0 Å². The highest BCUT2D eigenvalue weighted by Crippen LogP contribution is 2.45. The van der Waals surface area contributed by atoms with Gasteiger partial charge in [0.25, 0.3) is 0 Å². The molecule has 5 heteroatoms. The quantitative estimate of drug-likeness (QED) is 0.709. The van der Waals surface area contributed by atoms with E-state index < -0.39 is 10.0 Å². The number of sulfonamides is 1. The highest BCUT2D eigenvalue weighted by Gasteiger charge is 2.38. The summed E-state index contributed by atoms with van der Waals surface area (Å²) in [6.07, 6.45) is 0. The zero-order valence-corrected chi connectivity index (χ0v) is 16.5. The number of benzene rings is 3. The van der Waals surface area contributed by atoms with E-state index in [0.717, 1.165) is 21.9 Å². The van der Waals surface area contributed by atoms with Crippen molar-refractivity contribution in [3.05, 3.63) is 77.9 Å². The molecule has 0 heterocycles. The highest BCUT2D eigenvalue weighted by molar-refractivity contribution is 7.89. The van der Waals surface area contributed by atoms with Gasteiger partial charge in [-0.1, -0.05) is 54.6 Å². The second-order valence-corrected chi connectivity index (χ2v) is 9.79. The van der Waals surface area contributed by atoms with E-state index in [0.29, 0.717) is 0 Å². The molecule has 4 nitrogen and oxygen atoms in total. The van der Waals surface area contributed by atoms with Crippen molar-refractivity contribution < 1.29 is 8.42 Å². The predicted octanol–water partition coefficient (Wildman–Crippen LogP) is 4.30. The second-order valence-electron chi connectivity index (χ2n) is 8.08. The monoisotopic (exact) mass is 380 g/mol. The molecule has 4 rings (SSSR count). The molecule has 0 aliphatic heterocycles. The Hall–Kier alpha value is -2.21. The van der Waals surface area contributed by atoms with Gasteiger partial charge in [0.05, 0.1) is 17.0 Å². The van der Waals surface area contributed by atoms with Gasteiger partial charge in [0.2, 0.25) is 10.0 Å². The fraction of sp³-hybridized carbons (Fsp3) is 0.273. The molecule has 0 aromatic heterocycles. The van der Waals surface area contributed by atoms with E-state index in [1.165, 1.54) is 0 Å². The summed E-state index contributed by atoms with van der Waals surface area (Å²) in [5.74, 6) is 0. The molecule has 3 aromatic rings. The van der Waals surface area contributed by atoms with Gasteiger partial charge in [-0.2, -0.15) is 0 Å². The van der Waals surface area contributed by atoms with Gasteiger partial charge in [0.1, 0.15) is 0 Å². The Labute approximate surface area is 160 Å². The average Bonchev–Trinajstić information content (AvgIpc) is 2.90. The fourth-order valence-corrected chi connectivity index (χ4v) is 5.12. The molecule has 0 spiro atoms. The lowest BCUT2D eigenvalue weighted by Gasteiger charge is -2.31. The van der Waals surface area contributed by atoms with E-state index in [4.69, 9.17) is 0 Å². The summed E-state index contributed by atoms with van der Waals surface area (Å²) < 4.78 is 29.0. The normalized spacial score (nSPS) is 19.5. The topological polar surface area (TPSA) is 58.2 Å². The minimum Gasteiger partial charge on any atom is -0.304 e. The molecule has 0 fully saturated rings. The number of hydrogen-bond acceptors (Lipinski definition) is 3. The molecule has 0 radical (unpaired) electrons. The standard InChI is InChI=1S/C22H24N2O2S/c1-22(2,3)23-20-17-13-7-9-15-10-8-14-18(19(15)17)21(20)24-27(25,26)16-11-5-4-6-12-16/h4-14,20-21,23-24H,1-3H3/t20-,21-/m0/s1. The molecule has 0 saturated carbocycles. The van der Waals surface area contributed by atoms with Gasteiger partial charge in [-0.05, 0) is 54.8 Å². The van der Waals surface area contributed by atoms with E-state index in [2.05, 4.69) is 49.0 Å². The Balaban J connectivity index is 1.82. The summed E-state index contributed by atoms with van der Waals surface area (Å²) in [7, 11) is -3.64. The Bertz CT molecular complexity index is 1080. The molecule has 1 aliphatic carbocycles. The van der Waals surface area contributed by atoms with Crippen molar-refractivity contribution >= 4 is 20.8 Å². The molecule has 0 bridgehead atoms.